The fraction of sp³-hybridized carbons (Fsp3) is 0.933. The first-order valence-corrected chi connectivity index (χ1v) is 9.70. The van der Waals surface area contributed by atoms with Crippen molar-refractivity contribution >= 4 is 28.4 Å². The molecule has 2 unspecified atom stereocenters. The number of piperidine rings is 1. The van der Waals surface area contributed by atoms with Gasteiger partial charge in [0.25, 0.3) is 0 Å². The topological polar surface area (TPSA) is 84.5 Å². The average Bonchev–Trinajstić information content (AvgIpc) is 2.53. The number of nitrogens with one attached hydrogen (secondary N) is 2. The Kier molecular flexibility index (Phi) is 7.77. The third-order valence-corrected chi connectivity index (χ3v) is 7.02. The molecule has 0 spiro atoms. The van der Waals surface area contributed by atoms with Crippen molar-refractivity contribution in [2.45, 2.75) is 50.7 Å². The molecule has 6 nitrogen and oxygen atoms in total. The molecule has 136 valence electrons. The van der Waals surface area contributed by atoms with Crippen LogP contribution in [-0.2, 0) is 19.6 Å². The molecule has 2 atom stereocenters. The van der Waals surface area contributed by atoms with Gasteiger partial charge in [0, 0.05) is 6.54 Å². The second kappa shape index (κ2) is 8.65. The molecule has 0 radical (unpaired) electrons. The van der Waals surface area contributed by atoms with Gasteiger partial charge < -0.3 is 10.1 Å². The van der Waals surface area contributed by atoms with Crippen LogP contribution in [0.25, 0.3) is 0 Å². The number of halogens is 1. The highest BCUT2D eigenvalue weighted by Gasteiger charge is 2.41. The fourth-order valence-corrected chi connectivity index (χ4v) is 5.40. The minimum Gasteiger partial charge on any atom is -0.469 e. The van der Waals surface area contributed by atoms with E-state index in [4.69, 9.17) is 4.74 Å². The maximum atomic E-state index is 12.7. The summed E-state index contributed by atoms with van der Waals surface area (Å²) in [4.78, 5) is 11.9. The number of carbonyl (C=O) groups excluding carboxylic acids is 1. The zero-order valence-corrected chi connectivity index (χ0v) is 15.6. The van der Waals surface area contributed by atoms with Crippen LogP contribution < -0.4 is 10.0 Å². The molecule has 2 rings (SSSR count). The molecule has 0 amide bonds. The Balaban J connectivity index is 0.00000264. The number of methoxy groups -OCH3 is 1. The molecular formula is C15H29ClN2O4S. The average molecular weight is 369 g/mol. The van der Waals surface area contributed by atoms with Crippen LogP contribution in [0.15, 0.2) is 0 Å². The van der Waals surface area contributed by atoms with Gasteiger partial charge in [0.15, 0.2) is 0 Å². The predicted molar refractivity (Wildman–Crippen MR) is 92.1 cm³/mol. The molecule has 0 bridgehead atoms. The van der Waals surface area contributed by atoms with Gasteiger partial charge in [-0.05, 0) is 44.2 Å². The van der Waals surface area contributed by atoms with Crippen molar-refractivity contribution in [1.29, 1.82) is 0 Å². The Bertz CT molecular complexity index is 492. The summed E-state index contributed by atoms with van der Waals surface area (Å²) < 4.78 is 32.9. The lowest BCUT2D eigenvalue weighted by Gasteiger charge is -2.35. The quantitative estimate of drug-likeness (QED) is 0.717. The number of carbonyl (C=O) groups is 1. The van der Waals surface area contributed by atoms with Crippen molar-refractivity contribution in [2.24, 2.45) is 11.3 Å². The molecule has 0 aromatic rings. The van der Waals surface area contributed by atoms with Gasteiger partial charge in [-0.1, -0.05) is 19.8 Å². The Morgan fingerprint density at radius 2 is 1.87 bits per heavy atom. The van der Waals surface area contributed by atoms with Crippen LogP contribution in [0.5, 0.6) is 0 Å². The molecule has 2 aliphatic rings. The van der Waals surface area contributed by atoms with Crippen LogP contribution in [-0.4, -0.2) is 46.4 Å². The van der Waals surface area contributed by atoms with Gasteiger partial charge >= 0.3 is 5.97 Å². The molecule has 1 saturated carbocycles. The van der Waals surface area contributed by atoms with Gasteiger partial charge in [-0.25, -0.2) is 13.1 Å². The van der Waals surface area contributed by atoms with E-state index in [9.17, 15) is 13.2 Å². The van der Waals surface area contributed by atoms with Crippen LogP contribution in [0.2, 0.25) is 0 Å². The van der Waals surface area contributed by atoms with Gasteiger partial charge in [0.2, 0.25) is 10.0 Å². The largest absolute Gasteiger partial charge is 0.469 e. The van der Waals surface area contributed by atoms with E-state index in [1.54, 1.807) is 0 Å². The summed E-state index contributed by atoms with van der Waals surface area (Å²) in [6.45, 7) is 4.41. The molecule has 2 fully saturated rings. The summed E-state index contributed by atoms with van der Waals surface area (Å²) in [5, 5.41) is 2.64. The summed E-state index contributed by atoms with van der Waals surface area (Å²) in [5.41, 5.74) is -0.00620. The van der Waals surface area contributed by atoms with E-state index >= 15 is 0 Å². The zero-order chi connectivity index (χ0) is 16.2. The molecule has 1 aliphatic carbocycles. The first kappa shape index (κ1) is 20.7. The van der Waals surface area contributed by atoms with Crippen LogP contribution in [0.3, 0.4) is 0 Å². The predicted octanol–water partition coefficient (Wildman–Crippen LogP) is 1.45. The molecule has 1 heterocycles. The summed E-state index contributed by atoms with van der Waals surface area (Å²) >= 11 is 0. The number of sulfonamides is 1. The first-order chi connectivity index (χ1) is 10.4. The van der Waals surface area contributed by atoms with Gasteiger partial charge in [-0.3, -0.25) is 4.79 Å². The Labute approximate surface area is 145 Å². The van der Waals surface area contributed by atoms with E-state index in [0.29, 0.717) is 19.4 Å². The minimum atomic E-state index is -3.50. The van der Waals surface area contributed by atoms with Crippen LogP contribution >= 0.6 is 12.4 Å². The fourth-order valence-electron chi connectivity index (χ4n) is 3.48. The van der Waals surface area contributed by atoms with Crippen molar-refractivity contribution in [3.63, 3.8) is 0 Å². The number of rotatable bonds is 5. The molecule has 1 saturated heterocycles. The molecule has 8 heteroatoms. The van der Waals surface area contributed by atoms with E-state index in [1.807, 2.05) is 0 Å². The highest BCUT2D eigenvalue weighted by Crippen LogP contribution is 2.32. The zero-order valence-electron chi connectivity index (χ0n) is 14.0. The SMILES string of the molecule is COC(=O)C1CCCCC1S(=O)(=O)NCC1(C)CCNCC1.Cl. The number of hydrogen-bond acceptors (Lipinski definition) is 5. The Hall–Kier alpha value is -0.370. The standard InChI is InChI=1S/C15H28N2O4S.ClH/c1-15(7-9-16-10-8-15)11-17-22(19,20)13-6-4-3-5-12(13)14(18)21-2;/h12-13,16-17H,3-11H2,1-2H3;1H. The molecular weight excluding hydrogens is 340 g/mol. The molecule has 0 aromatic heterocycles. The van der Waals surface area contributed by atoms with Gasteiger partial charge in [0.1, 0.15) is 0 Å². The van der Waals surface area contributed by atoms with E-state index in [2.05, 4.69) is 17.0 Å². The highest BCUT2D eigenvalue weighted by molar-refractivity contribution is 7.90. The summed E-state index contributed by atoms with van der Waals surface area (Å²) in [6.07, 6.45) is 4.78. The summed E-state index contributed by atoms with van der Waals surface area (Å²) in [7, 11) is -2.17. The number of esters is 1. The lowest BCUT2D eigenvalue weighted by Crippen LogP contribution is -2.48. The lowest BCUT2D eigenvalue weighted by atomic mass is 9.81. The van der Waals surface area contributed by atoms with E-state index in [0.717, 1.165) is 38.8 Å². The normalized spacial score (nSPS) is 27.7. The molecule has 2 N–H and O–H groups in total. The number of ether oxygens (including phenoxy) is 1. The van der Waals surface area contributed by atoms with Crippen molar-refractivity contribution < 1.29 is 17.9 Å². The number of hydrogen-bond donors (Lipinski definition) is 2. The van der Waals surface area contributed by atoms with E-state index in [1.165, 1.54) is 7.11 Å². The van der Waals surface area contributed by atoms with Gasteiger partial charge in [-0.2, -0.15) is 0 Å². The van der Waals surface area contributed by atoms with Crippen LogP contribution in [0.4, 0.5) is 0 Å². The summed E-state index contributed by atoms with van der Waals surface area (Å²) in [5.74, 6) is -0.930. The second-order valence-electron chi connectivity index (χ2n) is 6.88. The monoisotopic (exact) mass is 368 g/mol. The van der Waals surface area contributed by atoms with Gasteiger partial charge in [-0.15, -0.1) is 12.4 Å². The third-order valence-electron chi connectivity index (χ3n) is 5.12. The lowest BCUT2D eigenvalue weighted by molar-refractivity contribution is -0.146. The van der Waals surface area contributed by atoms with E-state index < -0.39 is 27.2 Å². The molecule has 23 heavy (non-hydrogen) atoms. The maximum Gasteiger partial charge on any atom is 0.310 e. The van der Waals surface area contributed by atoms with Gasteiger partial charge in [0.05, 0.1) is 18.3 Å². The van der Waals surface area contributed by atoms with Crippen LogP contribution in [0.1, 0.15) is 45.4 Å². The maximum absolute atomic E-state index is 12.7. The van der Waals surface area contributed by atoms with Crippen molar-refractivity contribution in [1.82, 2.24) is 10.0 Å². The van der Waals surface area contributed by atoms with E-state index in [-0.39, 0.29) is 17.8 Å². The Morgan fingerprint density at radius 3 is 2.48 bits per heavy atom. The van der Waals surface area contributed by atoms with Crippen molar-refractivity contribution in [3.8, 4) is 0 Å². The molecule has 0 aromatic carbocycles. The molecule has 1 aliphatic heterocycles. The smallest absolute Gasteiger partial charge is 0.310 e. The third kappa shape index (κ3) is 5.31. The van der Waals surface area contributed by atoms with Crippen LogP contribution in [0, 0.1) is 11.3 Å². The first-order valence-electron chi connectivity index (χ1n) is 8.15. The highest BCUT2D eigenvalue weighted by atomic mass is 35.5. The second-order valence-corrected chi connectivity index (χ2v) is 8.86. The Morgan fingerprint density at radius 1 is 1.26 bits per heavy atom. The van der Waals surface area contributed by atoms with Crippen molar-refractivity contribution in [2.75, 3.05) is 26.7 Å². The van der Waals surface area contributed by atoms with Crippen molar-refractivity contribution in [3.05, 3.63) is 0 Å². The minimum absolute atomic E-state index is 0. The summed E-state index contributed by atoms with van der Waals surface area (Å²) in [6, 6.07) is 0.